The molecule has 0 aliphatic carbocycles. The normalized spacial score (nSPS) is 13.9. The molecule has 3 heteroatoms. The topological polar surface area (TPSA) is 26.0 Å². The number of halogens is 2. The van der Waals surface area contributed by atoms with Gasteiger partial charge in [0, 0.05) is 6.04 Å². The zero-order valence-corrected chi connectivity index (χ0v) is 11.6. The molecule has 1 atom stereocenters. The summed E-state index contributed by atoms with van der Waals surface area (Å²) in [5, 5.41) is 1.19. The molecule has 0 saturated heterocycles. The Bertz CT molecular complexity index is 361. The van der Waals surface area contributed by atoms with Gasteiger partial charge in [-0.15, -0.1) is 0 Å². The zero-order valence-electron chi connectivity index (χ0n) is 10.1. The molecule has 1 nitrogen and oxygen atoms in total. The van der Waals surface area contributed by atoms with Crippen LogP contribution in [0.25, 0.3) is 0 Å². The molecule has 0 amide bonds. The highest BCUT2D eigenvalue weighted by Gasteiger charge is 2.24. The monoisotopic (exact) mass is 259 g/mol. The summed E-state index contributed by atoms with van der Waals surface area (Å²) in [7, 11) is 0. The lowest BCUT2D eigenvalue weighted by Crippen LogP contribution is -2.38. The van der Waals surface area contributed by atoms with E-state index in [1.165, 1.54) is 0 Å². The maximum Gasteiger partial charge on any atom is 0.0595 e. The molecule has 0 fully saturated rings. The van der Waals surface area contributed by atoms with Gasteiger partial charge in [0.05, 0.1) is 10.0 Å². The first-order valence-electron chi connectivity index (χ1n) is 5.56. The first kappa shape index (κ1) is 13.8. The molecule has 1 rings (SSSR count). The predicted molar refractivity (Wildman–Crippen MR) is 72.2 cm³/mol. The van der Waals surface area contributed by atoms with E-state index in [-0.39, 0.29) is 11.5 Å². The summed E-state index contributed by atoms with van der Waals surface area (Å²) in [6.45, 7) is 6.54. The average molecular weight is 260 g/mol. The highest BCUT2D eigenvalue weighted by Crippen LogP contribution is 2.28. The Hall–Kier alpha value is -0.240. The fourth-order valence-electron chi connectivity index (χ4n) is 1.46. The summed E-state index contributed by atoms with van der Waals surface area (Å²) in [6.07, 6.45) is 1.90. The molecule has 2 N–H and O–H groups in total. The van der Waals surface area contributed by atoms with Gasteiger partial charge in [-0.1, -0.05) is 50.0 Å². The van der Waals surface area contributed by atoms with Crippen molar-refractivity contribution in [2.45, 2.75) is 39.7 Å². The number of benzene rings is 1. The lowest BCUT2D eigenvalue weighted by Gasteiger charge is -2.30. The molecule has 0 aliphatic heterocycles. The molecule has 1 aromatic rings. The van der Waals surface area contributed by atoms with Crippen molar-refractivity contribution in [2.24, 2.45) is 11.1 Å². The Balaban J connectivity index is 2.77. The molecular formula is C13H19Cl2N. The van der Waals surface area contributed by atoms with Gasteiger partial charge in [-0.3, -0.25) is 0 Å². The van der Waals surface area contributed by atoms with Crippen molar-refractivity contribution in [1.29, 1.82) is 0 Å². The van der Waals surface area contributed by atoms with Crippen LogP contribution in [0.3, 0.4) is 0 Å². The van der Waals surface area contributed by atoms with E-state index in [0.29, 0.717) is 10.0 Å². The minimum absolute atomic E-state index is 0.134. The summed E-state index contributed by atoms with van der Waals surface area (Å²) in [6, 6.07) is 5.84. The number of hydrogen-bond donors (Lipinski definition) is 1. The van der Waals surface area contributed by atoms with Crippen molar-refractivity contribution in [1.82, 2.24) is 0 Å². The Labute approximate surface area is 108 Å². The van der Waals surface area contributed by atoms with Gasteiger partial charge in [0.25, 0.3) is 0 Å². The number of rotatable bonds is 4. The standard InChI is InChI=1S/C13H19Cl2N/c1-4-13(2,3)12(16)8-9-5-6-10(14)11(15)7-9/h5-7,12H,4,8,16H2,1-3H3. The van der Waals surface area contributed by atoms with E-state index in [9.17, 15) is 0 Å². The van der Waals surface area contributed by atoms with Crippen LogP contribution in [0.15, 0.2) is 18.2 Å². The van der Waals surface area contributed by atoms with Gasteiger partial charge in [-0.25, -0.2) is 0 Å². The molecule has 0 saturated carbocycles. The summed E-state index contributed by atoms with van der Waals surface area (Å²) < 4.78 is 0. The van der Waals surface area contributed by atoms with Gasteiger partial charge < -0.3 is 5.73 Å². The van der Waals surface area contributed by atoms with Gasteiger partial charge in [-0.2, -0.15) is 0 Å². The van der Waals surface area contributed by atoms with Crippen LogP contribution in [0.2, 0.25) is 10.0 Å². The van der Waals surface area contributed by atoms with Crippen LogP contribution in [0.1, 0.15) is 32.8 Å². The summed E-state index contributed by atoms with van der Waals surface area (Å²) in [4.78, 5) is 0. The molecule has 0 heterocycles. The van der Waals surface area contributed by atoms with Crippen molar-refractivity contribution < 1.29 is 0 Å². The smallest absolute Gasteiger partial charge is 0.0595 e. The quantitative estimate of drug-likeness (QED) is 0.858. The second-order valence-corrected chi connectivity index (χ2v) is 5.72. The van der Waals surface area contributed by atoms with Gasteiger partial charge in [0.15, 0.2) is 0 Å². The van der Waals surface area contributed by atoms with Crippen molar-refractivity contribution in [2.75, 3.05) is 0 Å². The molecule has 1 unspecified atom stereocenters. The zero-order chi connectivity index (χ0) is 12.3. The van der Waals surface area contributed by atoms with Gasteiger partial charge in [0.2, 0.25) is 0 Å². The highest BCUT2D eigenvalue weighted by atomic mass is 35.5. The number of hydrogen-bond acceptors (Lipinski definition) is 1. The summed E-state index contributed by atoms with van der Waals surface area (Å²) >= 11 is 11.8. The van der Waals surface area contributed by atoms with Crippen molar-refractivity contribution in [3.8, 4) is 0 Å². The van der Waals surface area contributed by atoms with Crippen LogP contribution < -0.4 is 5.73 Å². The molecule has 0 bridgehead atoms. The third kappa shape index (κ3) is 3.38. The molecule has 0 radical (unpaired) electrons. The lowest BCUT2D eigenvalue weighted by atomic mass is 9.79. The first-order valence-corrected chi connectivity index (χ1v) is 6.32. The van der Waals surface area contributed by atoms with Crippen LogP contribution in [0.4, 0.5) is 0 Å². The van der Waals surface area contributed by atoms with E-state index in [4.69, 9.17) is 28.9 Å². The predicted octanol–water partition coefficient (Wildman–Crippen LogP) is 4.30. The highest BCUT2D eigenvalue weighted by molar-refractivity contribution is 6.42. The van der Waals surface area contributed by atoms with Gasteiger partial charge >= 0.3 is 0 Å². The average Bonchev–Trinajstić information content (AvgIpc) is 2.23. The number of nitrogens with two attached hydrogens (primary N) is 1. The van der Waals surface area contributed by atoms with E-state index in [1.54, 1.807) is 0 Å². The minimum atomic E-state index is 0.134. The second kappa shape index (κ2) is 5.39. The maximum atomic E-state index is 6.21. The van der Waals surface area contributed by atoms with E-state index in [2.05, 4.69) is 20.8 Å². The molecule has 0 spiro atoms. The van der Waals surface area contributed by atoms with Gasteiger partial charge in [-0.05, 0) is 36.0 Å². The van der Waals surface area contributed by atoms with Crippen LogP contribution in [-0.4, -0.2) is 6.04 Å². The third-order valence-corrected chi connectivity index (χ3v) is 4.09. The van der Waals surface area contributed by atoms with Crippen LogP contribution in [0.5, 0.6) is 0 Å². The van der Waals surface area contributed by atoms with Crippen molar-refractivity contribution >= 4 is 23.2 Å². The summed E-state index contributed by atoms with van der Waals surface area (Å²) in [5.41, 5.74) is 7.49. The Morgan fingerprint density at radius 2 is 1.88 bits per heavy atom. The van der Waals surface area contributed by atoms with Crippen LogP contribution in [0, 0.1) is 5.41 Å². The molecule has 0 aliphatic rings. The molecule has 16 heavy (non-hydrogen) atoms. The van der Waals surface area contributed by atoms with E-state index >= 15 is 0 Å². The largest absolute Gasteiger partial charge is 0.327 e. The van der Waals surface area contributed by atoms with E-state index in [0.717, 1.165) is 18.4 Å². The summed E-state index contributed by atoms with van der Waals surface area (Å²) in [5.74, 6) is 0. The van der Waals surface area contributed by atoms with Crippen molar-refractivity contribution in [3.63, 3.8) is 0 Å². The maximum absolute atomic E-state index is 6.21. The Morgan fingerprint density at radius 3 is 2.38 bits per heavy atom. The van der Waals surface area contributed by atoms with E-state index in [1.807, 2.05) is 18.2 Å². The third-order valence-electron chi connectivity index (χ3n) is 3.35. The Morgan fingerprint density at radius 1 is 1.25 bits per heavy atom. The molecule has 0 aromatic heterocycles. The van der Waals surface area contributed by atoms with Gasteiger partial charge in [0.1, 0.15) is 0 Å². The Kier molecular flexibility index (Phi) is 4.66. The fraction of sp³-hybridized carbons (Fsp3) is 0.538. The fourth-order valence-corrected chi connectivity index (χ4v) is 1.78. The van der Waals surface area contributed by atoms with Crippen LogP contribution in [-0.2, 0) is 6.42 Å². The lowest BCUT2D eigenvalue weighted by molar-refractivity contribution is 0.272. The van der Waals surface area contributed by atoms with E-state index < -0.39 is 0 Å². The van der Waals surface area contributed by atoms with Crippen LogP contribution >= 0.6 is 23.2 Å². The first-order chi connectivity index (χ1) is 7.36. The minimum Gasteiger partial charge on any atom is -0.327 e. The second-order valence-electron chi connectivity index (χ2n) is 4.90. The SMILES string of the molecule is CCC(C)(C)C(N)Cc1ccc(Cl)c(Cl)c1. The molecular weight excluding hydrogens is 241 g/mol. The molecule has 1 aromatic carbocycles. The van der Waals surface area contributed by atoms with Crippen molar-refractivity contribution in [3.05, 3.63) is 33.8 Å². The molecule has 90 valence electrons.